The molecule has 1 aromatic rings. The highest BCUT2D eigenvalue weighted by molar-refractivity contribution is 9.10. The molecule has 2 heteroatoms. The molecule has 0 bridgehead atoms. The molecule has 1 unspecified atom stereocenters. The van der Waals surface area contributed by atoms with Gasteiger partial charge in [0.1, 0.15) is 0 Å². The molecule has 1 fully saturated rings. The summed E-state index contributed by atoms with van der Waals surface area (Å²) in [6, 6.07) is 9.41. The third kappa shape index (κ3) is 3.83. The molecule has 0 radical (unpaired) electrons. The van der Waals surface area contributed by atoms with Gasteiger partial charge < -0.3 is 4.90 Å². The van der Waals surface area contributed by atoms with E-state index in [-0.39, 0.29) is 0 Å². The van der Waals surface area contributed by atoms with Crippen molar-refractivity contribution < 1.29 is 0 Å². The number of benzene rings is 1. The van der Waals surface area contributed by atoms with Crippen molar-refractivity contribution in [3.63, 3.8) is 0 Å². The van der Waals surface area contributed by atoms with Crippen molar-refractivity contribution in [2.75, 3.05) is 13.1 Å². The van der Waals surface area contributed by atoms with Crippen molar-refractivity contribution in [1.29, 1.82) is 0 Å². The fourth-order valence-corrected chi connectivity index (χ4v) is 3.39. The van der Waals surface area contributed by atoms with E-state index in [9.17, 15) is 0 Å². The van der Waals surface area contributed by atoms with Gasteiger partial charge in [-0.2, -0.15) is 0 Å². The van der Waals surface area contributed by atoms with Crippen LogP contribution in [0, 0.1) is 0 Å². The summed E-state index contributed by atoms with van der Waals surface area (Å²) >= 11 is 3.68. The first-order valence-electron chi connectivity index (χ1n) is 7.28. The fraction of sp³-hybridized carbons (Fsp3) is 0.625. The van der Waals surface area contributed by atoms with Crippen LogP contribution in [0.2, 0.25) is 0 Å². The van der Waals surface area contributed by atoms with E-state index in [2.05, 4.69) is 52.0 Å². The lowest BCUT2D eigenvalue weighted by Gasteiger charge is -2.35. The molecule has 1 heterocycles. The van der Waals surface area contributed by atoms with Crippen molar-refractivity contribution in [3.8, 4) is 0 Å². The molecule has 18 heavy (non-hydrogen) atoms. The summed E-state index contributed by atoms with van der Waals surface area (Å²) < 4.78 is 1.27. The molecule has 1 aliphatic heterocycles. The first-order chi connectivity index (χ1) is 8.81. The molecule has 100 valence electrons. The van der Waals surface area contributed by atoms with E-state index in [1.807, 2.05) is 0 Å². The van der Waals surface area contributed by atoms with Crippen LogP contribution < -0.4 is 0 Å². The number of halogens is 1. The zero-order valence-electron chi connectivity index (χ0n) is 11.4. The summed E-state index contributed by atoms with van der Waals surface area (Å²) in [6.45, 7) is 4.90. The molecule has 0 saturated carbocycles. The zero-order valence-corrected chi connectivity index (χ0v) is 13.0. The lowest BCUT2D eigenvalue weighted by Crippen LogP contribution is -2.40. The van der Waals surface area contributed by atoms with Crippen LogP contribution in [0.4, 0.5) is 0 Å². The smallest absolute Gasteiger partial charge is 0.0207 e. The van der Waals surface area contributed by atoms with E-state index in [0.29, 0.717) is 0 Å². The molecule has 1 nitrogen and oxygen atoms in total. The van der Waals surface area contributed by atoms with Crippen LogP contribution in [0.5, 0.6) is 0 Å². The molecule has 1 aliphatic rings. The molecule has 0 spiro atoms. The summed E-state index contributed by atoms with van der Waals surface area (Å²) in [5.74, 6) is 0. The average molecular weight is 310 g/mol. The van der Waals surface area contributed by atoms with Gasteiger partial charge in [-0.15, -0.1) is 0 Å². The van der Waals surface area contributed by atoms with Gasteiger partial charge in [-0.05, 0) is 50.4 Å². The van der Waals surface area contributed by atoms with Crippen LogP contribution in [0.15, 0.2) is 28.7 Å². The topological polar surface area (TPSA) is 3.24 Å². The van der Waals surface area contributed by atoms with E-state index >= 15 is 0 Å². The highest BCUT2D eigenvalue weighted by Crippen LogP contribution is 2.23. The Morgan fingerprint density at radius 1 is 1.17 bits per heavy atom. The predicted molar refractivity (Wildman–Crippen MR) is 82.0 cm³/mol. The van der Waals surface area contributed by atoms with E-state index in [4.69, 9.17) is 0 Å². The maximum absolute atomic E-state index is 3.68. The number of piperidine rings is 1. The largest absolute Gasteiger partial charge is 0.300 e. The van der Waals surface area contributed by atoms with Crippen molar-refractivity contribution in [3.05, 3.63) is 34.3 Å². The number of rotatable bonds is 5. The minimum Gasteiger partial charge on any atom is -0.300 e. The predicted octanol–water partition coefficient (Wildman–Crippen LogP) is 4.65. The Morgan fingerprint density at radius 3 is 2.56 bits per heavy atom. The molecule has 0 aromatic heterocycles. The van der Waals surface area contributed by atoms with Gasteiger partial charge in [0.25, 0.3) is 0 Å². The molecule has 1 aromatic carbocycles. The summed E-state index contributed by atoms with van der Waals surface area (Å²) in [6.07, 6.45) is 7.99. The van der Waals surface area contributed by atoms with Crippen molar-refractivity contribution >= 4 is 15.9 Å². The van der Waals surface area contributed by atoms with Gasteiger partial charge in [0.15, 0.2) is 0 Å². The number of hydrogen-bond donors (Lipinski definition) is 0. The van der Waals surface area contributed by atoms with Gasteiger partial charge in [-0.1, -0.05) is 53.9 Å². The second-order valence-electron chi connectivity index (χ2n) is 5.33. The van der Waals surface area contributed by atoms with Crippen molar-refractivity contribution in [1.82, 2.24) is 4.90 Å². The van der Waals surface area contributed by atoms with E-state index in [1.54, 1.807) is 0 Å². The maximum Gasteiger partial charge on any atom is 0.0207 e. The van der Waals surface area contributed by atoms with Gasteiger partial charge in [-0.25, -0.2) is 0 Å². The molecule has 0 aliphatic carbocycles. The summed E-state index contributed by atoms with van der Waals surface area (Å²) in [5.41, 5.74) is 1.46. The Morgan fingerprint density at radius 2 is 1.89 bits per heavy atom. The van der Waals surface area contributed by atoms with Gasteiger partial charge in [0.05, 0.1) is 0 Å². The Bertz CT molecular complexity index is 358. The first-order valence-corrected chi connectivity index (χ1v) is 8.08. The average Bonchev–Trinajstić information content (AvgIpc) is 2.42. The standard InChI is InChI=1S/C16H24BrN/c1-2-8-15(18-11-6-3-7-12-18)13-14-9-4-5-10-16(14)17/h4-5,9-10,15H,2-3,6-8,11-13H2,1H3. The minimum atomic E-state index is 0.731. The van der Waals surface area contributed by atoms with Gasteiger partial charge in [0, 0.05) is 10.5 Å². The van der Waals surface area contributed by atoms with Crippen LogP contribution >= 0.6 is 15.9 Å². The molecule has 0 amide bonds. The van der Waals surface area contributed by atoms with Crippen molar-refractivity contribution in [2.45, 2.75) is 51.5 Å². The van der Waals surface area contributed by atoms with Gasteiger partial charge in [0.2, 0.25) is 0 Å². The molecular weight excluding hydrogens is 286 g/mol. The van der Waals surface area contributed by atoms with Crippen LogP contribution in [-0.2, 0) is 6.42 Å². The molecule has 1 atom stereocenters. The number of hydrogen-bond acceptors (Lipinski definition) is 1. The molecule has 0 N–H and O–H groups in total. The second-order valence-corrected chi connectivity index (χ2v) is 6.19. The SMILES string of the molecule is CCCC(Cc1ccccc1Br)N1CCCCC1. The highest BCUT2D eigenvalue weighted by atomic mass is 79.9. The maximum atomic E-state index is 3.68. The highest BCUT2D eigenvalue weighted by Gasteiger charge is 2.20. The van der Waals surface area contributed by atoms with Crippen molar-refractivity contribution in [2.24, 2.45) is 0 Å². The third-order valence-corrected chi connectivity index (χ3v) is 4.72. The van der Waals surface area contributed by atoms with E-state index < -0.39 is 0 Å². The minimum absolute atomic E-state index is 0.731. The quantitative estimate of drug-likeness (QED) is 0.765. The van der Waals surface area contributed by atoms with Gasteiger partial charge in [-0.3, -0.25) is 0 Å². The van der Waals surface area contributed by atoms with E-state index in [1.165, 1.54) is 61.7 Å². The monoisotopic (exact) mass is 309 g/mol. The normalized spacial score (nSPS) is 18.8. The summed E-state index contributed by atoms with van der Waals surface area (Å²) in [5, 5.41) is 0. The third-order valence-electron chi connectivity index (χ3n) is 3.94. The Labute approximate surface area is 120 Å². The van der Waals surface area contributed by atoms with Crippen LogP contribution in [0.1, 0.15) is 44.6 Å². The lowest BCUT2D eigenvalue weighted by molar-refractivity contribution is 0.153. The molecular formula is C16H24BrN. The zero-order chi connectivity index (χ0) is 12.8. The lowest BCUT2D eigenvalue weighted by atomic mass is 9.98. The number of nitrogens with zero attached hydrogens (tertiary/aromatic N) is 1. The number of likely N-dealkylation sites (tertiary alicyclic amines) is 1. The Hall–Kier alpha value is -0.340. The first kappa shape index (κ1) is 14.1. The molecule has 2 rings (SSSR count). The summed E-state index contributed by atoms with van der Waals surface area (Å²) in [4.78, 5) is 2.71. The summed E-state index contributed by atoms with van der Waals surface area (Å²) in [7, 11) is 0. The fourth-order valence-electron chi connectivity index (χ4n) is 2.95. The second kappa shape index (κ2) is 7.30. The van der Waals surface area contributed by atoms with Gasteiger partial charge >= 0.3 is 0 Å². The Kier molecular flexibility index (Phi) is 5.71. The van der Waals surface area contributed by atoms with E-state index in [0.717, 1.165) is 6.04 Å². The van der Waals surface area contributed by atoms with Crippen LogP contribution in [0.25, 0.3) is 0 Å². The van der Waals surface area contributed by atoms with Crippen LogP contribution in [-0.4, -0.2) is 24.0 Å². The van der Waals surface area contributed by atoms with Crippen LogP contribution in [0.3, 0.4) is 0 Å². The Balaban J connectivity index is 2.03. The molecule has 1 saturated heterocycles.